The average Bonchev–Trinajstić information content (AvgIpc) is 2.35. The van der Waals surface area contributed by atoms with Gasteiger partial charge in [-0.3, -0.25) is 0 Å². The Morgan fingerprint density at radius 2 is 2.42 bits per heavy atom. The van der Waals surface area contributed by atoms with Crippen LogP contribution in [0.5, 0.6) is 0 Å². The van der Waals surface area contributed by atoms with E-state index in [9.17, 15) is 0 Å². The van der Waals surface area contributed by atoms with Gasteiger partial charge in [0.1, 0.15) is 13.1 Å². The molecule has 0 unspecified atom stereocenters. The van der Waals surface area contributed by atoms with Crippen molar-refractivity contribution in [1.82, 2.24) is 14.8 Å². The zero-order valence-electron chi connectivity index (χ0n) is 7.40. The number of hydrogen-bond donors (Lipinski definition) is 1. The van der Waals surface area contributed by atoms with Gasteiger partial charge in [-0.05, 0) is 5.92 Å². The molecule has 5 heteroatoms. The number of ether oxygens (including phenoxy) is 1. The van der Waals surface area contributed by atoms with Crippen LogP contribution in [-0.2, 0) is 11.5 Å². The molecule has 1 rings (SSSR count). The number of anilines is 1. The molecule has 0 aliphatic carbocycles. The maximum absolute atomic E-state index is 5.31. The summed E-state index contributed by atoms with van der Waals surface area (Å²) in [5, 5.41) is 3.87. The Bertz CT molecular complexity index is 233. The number of hydrogen-bond acceptors (Lipinski definition) is 4. The van der Waals surface area contributed by atoms with E-state index in [4.69, 9.17) is 10.5 Å². The van der Waals surface area contributed by atoms with Gasteiger partial charge in [0.15, 0.2) is 0 Å². The minimum atomic E-state index is 0.281. The van der Waals surface area contributed by atoms with Crippen molar-refractivity contribution >= 4 is 5.95 Å². The van der Waals surface area contributed by atoms with Crippen LogP contribution in [0.4, 0.5) is 5.95 Å². The number of rotatable bonds is 4. The lowest BCUT2D eigenvalue weighted by Gasteiger charge is -2.05. The predicted molar refractivity (Wildman–Crippen MR) is 45.2 cm³/mol. The van der Waals surface area contributed by atoms with Crippen LogP contribution in [0.3, 0.4) is 0 Å². The molecule has 0 aliphatic rings. The lowest BCUT2D eigenvalue weighted by atomic mass is 10.2. The molecule has 0 radical (unpaired) electrons. The van der Waals surface area contributed by atoms with Crippen LogP contribution in [-0.4, -0.2) is 21.4 Å². The standard InChI is InChI=1S/C7H14N4O/c1-6(2)3-12-5-11-4-9-7(8)10-11/h4,6H,3,5H2,1-2H3,(H2,8,10). The Hall–Kier alpha value is -1.10. The molecule has 0 bridgehead atoms. The van der Waals surface area contributed by atoms with Crippen molar-refractivity contribution in [3.8, 4) is 0 Å². The third-order valence-electron chi connectivity index (χ3n) is 1.23. The highest BCUT2D eigenvalue weighted by molar-refractivity contribution is 5.08. The van der Waals surface area contributed by atoms with Crippen LogP contribution in [0.15, 0.2) is 6.33 Å². The molecule has 0 aromatic carbocycles. The molecular weight excluding hydrogens is 156 g/mol. The highest BCUT2D eigenvalue weighted by Gasteiger charge is 1.96. The lowest BCUT2D eigenvalue weighted by Crippen LogP contribution is -2.07. The van der Waals surface area contributed by atoms with E-state index in [1.807, 2.05) is 0 Å². The molecule has 0 aliphatic heterocycles. The highest BCUT2D eigenvalue weighted by Crippen LogP contribution is 1.95. The third-order valence-corrected chi connectivity index (χ3v) is 1.23. The summed E-state index contributed by atoms with van der Waals surface area (Å²) < 4.78 is 6.87. The van der Waals surface area contributed by atoms with Crippen molar-refractivity contribution < 1.29 is 4.74 Å². The summed E-state index contributed by atoms with van der Waals surface area (Å²) in [6.45, 7) is 5.33. The number of nitrogen functional groups attached to an aromatic ring is 1. The van der Waals surface area contributed by atoms with Crippen molar-refractivity contribution in [3.63, 3.8) is 0 Å². The van der Waals surface area contributed by atoms with E-state index < -0.39 is 0 Å². The zero-order valence-corrected chi connectivity index (χ0v) is 7.40. The van der Waals surface area contributed by atoms with E-state index in [0.717, 1.165) is 6.61 Å². The summed E-state index contributed by atoms with van der Waals surface area (Å²) in [5.41, 5.74) is 5.31. The van der Waals surface area contributed by atoms with Crippen molar-refractivity contribution in [3.05, 3.63) is 6.33 Å². The van der Waals surface area contributed by atoms with Crippen molar-refractivity contribution in [2.45, 2.75) is 20.6 Å². The highest BCUT2D eigenvalue weighted by atomic mass is 16.5. The fourth-order valence-electron chi connectivity index (χ4n) is 0.753. The minimum absolute atomic E-state index is 0.281. The van der Waals surface area contributed by atoms with Gasteiger partial charge in [0, 0.05) is 0 Å². The molecule has 5 nitrogen and oxygen atoms in total. The first-order valence-corrected chi connectivity index (χ1v) is 3.91. The van der Waals surface area contributed by atoms with Crippen LogP contribution in [0, 0.1) is 5.92 Å². The summed E-state index contributed by atoms with van der Waals surface area (Å²) in [6.07, 6.45) is 1.55. The third kappa shape index (κ3) is 2.87. The Morgan fingerprint density at radius 1 is 1.67 bits per heavy atom. The maximum atomic E-state index is 5.31. The maximum Gasteiger partial charge on any atom is 0.239 e. The molecule has 0 amide bonds. The zero-order chi connectivity index (χ0) is 8.97. The smallest absolute Gasteiger partial charge is 0.239 e. The monoisotopic (exact) mass is 170 g/mol. The van der Waals surface area contributed by atoms with Gasteiger partial charge in [0.25, 0.3) is 0 Å². The second-order valence-electron chi connectivity index (χ2n) is 3.04. The molecule has 12 heavy (non-hydrogen) atoms. The molecule has 0 fully saturated rings. The average molecular weight is 170 g/mol. The Morgan fingerprint density at radius 3 is 2.92 bits per heavy atom. The molecule has 0 saturated heterocycles. The Labute approximate surface area is 71.5 Å². The van der Waals surface area contributed by atoms with Gasteiger partial charge in [0.2, 0.25) is 5.95 Å². The molecule has 2 N–H and O–H groups in total. The first-order valence-electron chi connectivity index (χ1n) is 3.91. The number of nitrogens with zero attached hydrogens (tertiary/aromatic N) is 3. The van der Waals surface area contributed by atoms with Gasteiger partial charge in [-0.2, -0.15) is 0 Å². The molecule has 0 atom stereocenters. The first-order chi connectivity index (χ1) is 5.68. The van der Waals surface area contributed by atoms with Crippen LogP contribution < -0.4 is 5.73 Å². The first kappa shape index (κ1) is 8.99. The van der Waals surface area contributed by atoms with Gasteiger partial charge in [-0.1, -0.05) is 13.8 Å². The van der Waals surface area contributed by atoms with Crippen LogP contribution in [0.2, 0.25) is 0 Å². The molecular formula is C7H14N4O. The van der Waals surface area contributed by atoms with Crippen molar-refractivity contribution in [2.75, 3.05) is 12.3 Å². The summed E-state index contributed by atoms with van der Waals surface area (Å²) in [7, 11) is 0. The second kappa shape index (κ2) is 4.06. The Kier molecular flexibility index (Phi) is 3.04. The lowest BCUT2D eigenvalue weighted by molar-refractivity contribution is 0.0504. The van der Waals surface area contributed by atoms with Gasteiger partial charge in [0.05, 0.1) is 6.61 Å². The van der Waals surface area contributed by atoms with Crippen molar-refractivity contribution in [1.29, 1.82) is 0 Å². The summed E-state index contributed by atoms with van der Waals surface area (Å²) in [5.74, 6) is 0.814. The van der Waals surface area contributed by atoms with Gasteiger partial charge < -0.3 is 10.5 Å². The molecule has 1 aromatic rings. The molecule has 0 spiro atoms. The normalized spacial score (nSPS) is 10.9. The van der Waals surface area contributed by atoms with E-state index in [0.29, 0.717) is 12.6 Å². The minimum Gasteiger partial charge on any atom is -0.367 e. The van der Waals surface area contributed by atoms with Gasteiger partial charge in [-0.15, -0.1) is 5.10 Å². The van der Waals surface area contributed by atoms with Crippen LogP contribution in [0.1, 0.15) is 13.8 Å². The number of nitrogens with two attached hydrogens (primary N) is 1. The second-order valence-corrected chi connectivity index (χ2v) is 3.04. The number of aromatic nitrogens is 3. The molecule has 68 valence electrons. The van der Waals surface area contributed by atoms with Crippen molar-refractivity contribution in [2.24, 2.45) is 5.92 Å². The topological polar surface area (TPSA) is 66.0 Å². The van der Waals surface area contributed by atoms with Gasteiger partial charge in [-0.25, -0.2) is 9.67 Å². The predicted octanol–water partition coefficient (Wildman–Crippen LogP) is 0.490. The Balaban J connectivity index is 2.24. The van der Waals surface area contributed by atoms with E-state index >= 15 is 0 Å². The van der Waals surface area contributed by atoms with E-state index in [1.165, 1.54) is 0 Å². The fraction of sp³-hybridized carbons (Fsp3) is 0.714. The SMILES string of the molecule is CC(C)COCn1cnc(N)n1. The van der Waals surface area contributed by atoms with Gasteiger partial charge >= 0.3 is 0 Å². The largest absolute Gasteiger partial charge is 0.367 e. The molecule has 1 aromatic heterocycles. The van der Waals surface area contributed by atoms with E-state index in [-0.39, 0.29) is 5.95 Å². The summed E-state index contributed by atoms with van der Waals surface area (Å²) >= 11 is 0. The summed E-state index contributed by atoms with van der Waals surface area (Å²) in [6, 6.07) is 0. The quantitative estimate of drug-likeness (QED) is 0.714. The summed E-state index contributed by atoms with van der Waals surface area (Å²) in [4.78, 5) is 3.76. The fourth-order valence-corrected chi connectivity index (χ4v) is 0.753. The van der Waals surface area contributed by atoms with E-state index in [1.54, 1.807) is 11.0 Å². The molecule has 1 heterocycles. The molecule has 0 saturated carbocycles. The van der Waals surface area contributed by atoms with Crippen LogP contribution >= 0.6 is 0 Å². The van der Waals surface area contributed by atoms with Crippen LogP contribution in [0.25, 0.3) is 0 Å². The van der Waals surface area contributed by atoms with E-state index in [2.05, 4.69) is 23.9 Å².